The summed E-state index contributed by atoms with van der Waals surface area (Å²) in [5, 5.41) is 0. The molecule has 1 atom stereocenters. The summed E-state index contributed by atoms with van der Waals surface area (Å²) in [5.41, 5.74) is 0. The van der Waals surface area contributed by atoms with Gasteiger partial charge in [0.05, 0.1) is 11.7 Å². The van der Waals surface area contributed by atoms with Gasteiger partial charge >= 0.3 is 0 Å². The summed E-state index contributed by atoms with van der Waals surface area (Å²) in [4.78, 5) is 13.3. The van der Waals surface area contributed by atoms with Gasteiger partial charge in [0.2, 0.25) is 15.9 Å². The molecule has 16 heavy (non-hydrogen) atoms. The molecule has 1 fully saturated rings. The van der Waals surface area contributed by atoms with Gasteiger partial charge in [-0.05, 0) is 19.8 Å². The molecule has 94 valence electrons. The molecule has 0 spiro atoms. The van der Waals surface area contributed by atoms with E-state index in [0.717, 1.165) is 12.8 Å². The van der Waals surface area contributed by atoms with Crippen molar-refractivity contribution in [3.05, 3.63) is 0 Å². The van der Waals surface area contributed by atoms with E-state index in [4.69, 9.17) is 0 Å². The monoisotopic (exact) mass is 248 g/mol. The number of amides is 1. The molecule has 0 aliphatic carbocycles. The molecule has 0 aromatic rings. The lowest BCUT2D eigenvalue weighted by Crippen LogP contribution is -2.45. The van der Waals surface area contributed by atoms with Gasteiger partial charge in [0.1, 0.15) is 0 Å². The predicted octanol–water partition coefficient (Wildman–Crippen LogP) is 0.136. The molecule has 1 rings (SSSR count). The number of rotatable bonds is 3. The second kappa shape index (κ2) is 5.14. The molecule has 1 aliphatic heterocycles. The minimum atomic E-state index is -3.15. The maximum Gasteiger partial charge on any atom is 0.226 e. The first-order valence-electron chi connectivity index (χ1n) is 5.57. The Morgan fingerprint density at radius 1 is 1.44 bits per heavy atom. The van der Waals surface area contributed by atoms with Crippen molar-refractivity contribution in [2.45, 2.75) is 19.8 Å². The van der Waals surface area contributed by atoms with Crippen LogP contribution in [0.1, 0.15) is 19.8 Å². The SMILES string of the molecule is CCS(=O)(=O)N1CCC[C@H](C(=O)N(C)C)C1. The van der Waals surface area contributed by atoms with Crippen LogP contribution in [-0.4, -0.2) is 56.5 Å². The Kier molecular flexibility index (Phi) is 4.32. The summed E-state index contributed by atoms with van der Waals surface area (Å²) in [6, 6.07) is 0. The molecule has 0 radical (unpaired) electrons. The summed E-state index contributed by atoms with van der Waals surface area (Å²) in [6.45, 7) is 2.52. The molecule has 0 unspecified atom stereocenters. The Labute approximate surface area is 97.5 Å². The van der Waals surface area contributed by atoms with Gasteiger partial charge in [-0.1, -0.05) is 0 Å². The molecular formula is C10H20N2O3S. The van der Waals surface area contributed by atoms with Crippen LogP contribution in [-0.2, 0) is 14.8 Å². The topological polar surface area (TPSA) is 57.7 Å². The molecule has 0 bridgehead atoms. The molecule has 0 aromatic carbocycles. The third-order valence-electron chi connectivity index (χ3n) is 2.93. The fourth-order valence-electron chi connectivity index (χ4n) is 1.94. The number of hydrogen-bond donors (Lipinski definition) is 0. The smallest absolute Gasteiger partial charge is 0.226 e. The highest BCUT2D eigenvalue weighted by Gasteiger charge is 2.31. The summed E-state index contributed by atoms with van der Waals surface area (Å²) >= 11 is 0. The number of carbonyl (C=O) groups excluding carboxylic acids is 1. The van der Waals surface area contributed by atoms with Crippen molar-refractivity contribution in [1.82, 2.24) is 9.21 Å². The maximum absolute atomic E-state index is 11.8. The van der Waals surface area contributed by atoms with E-state index >= 15 is 0 Å². The van der Waals surface area contributed by atoms with Gasteiger partial charge in [0.15, 0.2) is 0 Å². The fraction of sp³-hybridized carbons (Fsp3) is 0.900. The zero-order chi connectivity index (χ0) is 12.3. The van der Waals surface area contributed by atoms with Crippen molar-refractivity contribution >= 4 is 15.9 Å². The first-order chi connectivity index (χ1) is 7.38. The first-order valence-corrected chi connectivity index (χ1v) is 7.18. The van der Waals surface area contributed by atoms with Crippen LogP contribution in [0.2, 0.25) is 0 Å². The standard InChI is InChI=1S/C10H20N2O3S/c1-4-16(14,15)12-7-5-6-9(8-12)10(13)11(2)3/h9H,4-8H2,1-3H3/t9-/m0/s1. The molecule has 6 heteroatoms. The van der Waals surface area contributed by atoms with Crippen molar-refractivity contribution in [1.29, 1.82) is 0 Å². The molecule has 1 aliphatic rings. The third-order valence-corrected chi connectivity index (χ3v) is 4.78. The van der Waals surface area contributed by atoms with E-state index in [2.05, 4.69) is 0 Å². The third kappa shape index (κ3) is 2.95. The van der Waals surface area contributed by atoms with Gasteiger partial charge in [0, 0.05) is 27.2 Å². The Hall–Kier alpha value is -0.620. The molecule has 1 saturated heterocycles. The zero-order valence-corrected chi connectivity index (χ0v) is 11.0. The molecule has 0 aromatic heterocycles. The lowest BCUT2D eigenvalue weighted by molar-refractivity contribution is -0.134. The highest BCUT2D eigenvalue weighted by molar-refractivity contribution is 7.89. The number of hydrogen-bond acceptors (Lipinski definition) is 3. The normalized spacial score (nSPS) is 23.1. The summed E-state index contributed by atoms with van der Waals surface area (Å²) in [5.74, 6) is -0.0448. The lowest BCUT2D eigenvalue weighted by atomic mass is 9.98. The van der Waals surface area contributed by atoms with Gasteiger partial charge < -0.3 is 4.90 Å². The van der Waals surface area contributed by atoms with Gasteiger partial charge in [-0.15, -0.1) is 0 Å². The highest BCUT2D eigenvalue weighted by Crippen LogP contribution is 2.20. The number of piperidine rings is 1. The van der Waals surface area contributed by atoms with Crippen molar-refractivity contribution < 1.29 is 13.2 Å². The van der Waals surface area contributed by atoms with Gasteiger partial charge in [0.25, 0.3) is 0 Å². The molecule has 1 amide bonds. The van der Waals surface area contributed by atoms with Crippen molar-refractivity contribution in [2.75, 3.05) is 32.9 Å². The number of nitrogens with zero attached hydrogens (tertiary/aromatic N) is 2. The van der Waals surface area contributed by atoms with E-state index in [0.29, 0.717) is 13.1 Å². The lowest BCUT2D eigenvalue weighted by Gasteiger charge is -2.32. The Morgan fingerprint density at radius 2 is 2.06 bits per heavy atom. The molecular weight excluding hydrogens is 228 g/mol. The zero-order valence-electron chi connectivity index (χ0n) is 10.1. The summed E-state index contributed by atoms with van der Waals surface area (Å²) in [7, 11) is 0.257. The average molecular weight is 248 g/mol. The number of sulfonamides is 1. The quantitative estimate of drug-likeness (QED) is 0.713. The second-order valence-corrected chi connectivity index (χ2v) is 6.59. The first kappa shape index (κ1) is 13.4. The molecule has 0 saturated carbocycles. The highest BCUT2D eigenvalue weighted by atomic mass is 32.2. The van der Waals surface area contributed by atoms with Crippen LogP contribution in [0.3, 0.4) is 0 Å². The van der Waals surface area contributed by atoms with Crippen LogP contribution in [0, 0.1) is 5.92 Å². The van der Waals surface area contributed by atoms with Gasteiger partial charge in [-0.3, -0.25) is 4.79 Å². The van der Waals surface area contributed by atoms with Gasteiger partial charge in [-0.25, -0.2) is 12.7 Å². The van der Waals surface area contributed by atoms with Crippen LogP contribution >= 0.6 is 0 Å². The molecule has 1 heterocycles. The van der Waals surface area contributed by atoms with E-state index in [9.17, 15) is 13.2 Å². The maximum atomic E-state index is 11.8. The van der Waals surface area contributed by atoms with Crippen LogP contribution in [0.5, 0.6) is 0 Å². The Balaban J connectivity index is 2.71. The van der Waals surface area contributed by atoms with Crippen molar-refractivity contribution in [2.24, 2.45) is 5.92 Å². The average Bonchev–Trinajstić information content (AvgIpc) is 2.28. The van der Waals surface area contributed by atoms with Crippen LogP contribution < -0.4 is 0 Å². The fourth-order valence-corrected chi connectivity index (χ4v) is 3.12. The Bertz CT molecular complexity index is 351. The van der Waals surface area contributed by atoms with Crippen LogP contribution in [0.4, 0.5) is 0 Å². The largest absolute Gasteiger partial charge is 0.349 e. The van der Waals surface area contributed by atoms with E-state index in [1.165, 1.54) is 9.21 Å². The van der Waals surface area contributed by atoms with E-state index in [1.807, 2.05) is 0 Å². The Morgan fingerprint density at radius 3 is 2.56 bits per heavy atom. The van der Waals surface area contributed by atoms with Gasteiger partial charge in [-0.2, -0.15) is 0 Å². The number of carbonyl (C=O) groups is 1. The molecule has 0 N–H and O–H groups in total. The second-order valence-electron chi connectivity index (χ2n) is 4.33. The van der Waals surface area contributed by atoms with Crippen LogP contribution in [0.15, 0.2) is 0 Å². The summed E-state index contributed by atoms with van der Waals surface area (Å²) in [6.07, 6.45) is 1.55. The van der Waals surface area contributed by atoms with E-state index in [1.54, 1.807) is 21.0 Å². The van der Waals surface area contributed by atoms with Crippen molar-refractivity contribution in [3.8, 4) is 0 Å². The molecule has 5 nitrogen and oxygen atoms in total. The van der Waals surface area contributed by atoms with Crippen LogP contribution in [0.25, 0.3) is 0 Å². The predicted molar refractivity (Wildman–Crippen MR) is 62.5 cm³/mol. The minimum Gasteiger partial charge on any atom is -0.349 e. The van der Waals surface area contributed by atoms with E-state index in [-0.39, 0.29) is 17.6 Å². The minimum absolute atomic E-state index is 0.0241. The summed E-state index contributed by atoms with van der Waals surface area (Å²) < 4.78 is 24.8. The van der Waals surface area contributed by atoms with E-state index < -0.39 is 10.0 Å². The van der Waals surface area contributed by atoms with Crippen molar-refractivity contribution in [3.63, 3.8) is 0 Å².